The van der Waals surface area contributed by atoms with Gasteiger partial charge in [0.2, 0.25) is 0 Å². The van der Waals surface area contributed by atoms with Crippen LogP contribution < -0.4 is 5.73 Å². The molecule has 80 valence electrons. The lowest BCUT2D eigenvalue weighted by molar-refractivity contribution is 0.594. The van der Waals surface area contributed by atoms with Gasteiger partial charge in [-0.3, -0.25) is 0 Å². The SMILES string of the molecule is NCCCCS(=O)(=O)c1ccc(Cl)s1. The van der Waals surface area contributed by atoms with E-state index in [0.717, 1.165) is 17.8 Å². The van der Waals surface area contributed by atoms with Crippen LogP contribution in [-0.4, -0.2) is 20.7 Å². The standard InChI is InChI=1S/C8H12ClNO2S2/c9-7-3-4-8(13-7)14(11,12)6-2-1-5-10/h3-4H,1-2,5-6,10H2. The van der Waals surface area contributed by atoms with Gasteiger partial charge in [0, 0.05) is 0 Å². The van der Waals surface area contributed by atoms with Crippen LogP contribution in [0.25, 0.3) is 0 Å². The molecule has 0 aliphatic carbocycles. The summed E-state index contributed by atoms with van der Waals surface area (Å²) in [5.41, 5.74) is 5.29. The number of hydrogen-bond donors (Lipinski definition) is 1. The molecule has 0 spiro atoms. The van der Waals surface area contributed by atoms with E-state index in [-0.39, 0.29) is 5.75 Å². The maximum atomic E-state index is 11.6. The zero-order valence-electron chi connectivity index (χ0n) is 7.57. The van der Waals surface area contributed by atoms with Gasteiger partial charge in [0.05, 0.1) is 10.1 Å². The second kappa shape index (κ2) is 5.11. The first-order valence-electron chi connectivity index (χ1n) is 4.24. The molecule has 0 amide bonds. The molecule has 3 nitrogen and oxygen atoms in total. The lowest BCUT2D eigenvalue weighted by atomic mass is 10.3. The third-order valence-corrected chi connectivity index (χ3v) is 5.34. The van der Waals surface area contributed by atoms with Crippen molar-refractivity contribution in [3.05, 3.63) is 16.5 Å². The lowest BCUT2D eigenvalue weighted by Gasteiger charge is -1.99. The molecule has 0 radical (unpaired) electrons. The summed E-state index contributed by atoms with van der Waals surface area (Å²) >= 11 is 6.76. The fraction of sp³-hybridized carbons (Fsp3) is 0.500. The van der Waals surface area contributed by atoms with Crippen LogP contribution in [0.5, 0.6) is 0 Å². The minimum Gasteiger partial charge on any atom is -0.330 e. The number of thiophene rings is 1. The first kappa shape index (κ1) is 12.0. The van der Waals surface area contributed by atoms with E-state index in [1.807, 2.05) is 0 Å². The molecule has 0 aromatic carbocycles. The maximum absolute atomic E-state index is 11.6. The normalized spacial score (nSPS) is 11.9. The fourth-order valence-corrected chi connectivity index (χ4v) is 4.00. The molecule has 0 atom stereocenters. The summed E-state index contributed by atoms with van der Waals surface area (Å²) in [6, 6.07) is 3.15. The van der Waals surface area contributed by atoms with E-state index in [1.54, 1.807) is 12.1 Å². The molecular formula is C8H12ClNO2S2. The summed E-state index contributed by atoms with van der Waals surface area (Å²) in [6.45, 7) is 0.528. The Morgan fingerprint density at radius 2 is 2.07 bits per heavy atom. The molecule has 0 bridgehead atoms. The van der Waals surface area contributed by atoms with Gasteiger partial charge in [-0.2, -0.15) is 0 Å². The summed E-state index contributed by atoms with van der Waals surface area (Å²) in [4.78, 5) is 0. The molecule has 14 heavy (non-hydrogen) atoms. The lowest BCUT2D eigenvalue weighted by Crippen LogP contribution is -2.07. The topological polar surface area (TPSA) is 60.2 Å². The van der Waals surface area contributed by atoms with Crippen LogP contribution in [0.15, 0.2) is 16.3 Å². The summed E-state index contributed by atoms with van der Waals surface area (Å²) in [6.07, 6.45) is 1.34. The van der Waals surface area contributed by atoms with Gasteiger partial charge in [-0.25, -0.2) is 8.42 Å². The first-order chi connectivity index (χ1) is 6.56. The molecule has 0 fully saturated rings. The van der Waals surface area contributed by atoms with Crippen LogP contribution in [0, 0.1) is 0 Å². The van der Waals surface area contributed by atoms with Crippen LogP contribution in [0.3, 0.4) is 0 Å². The van der Waals surface area contributed by atoms with E-state index in [0.29, 0.717) is 21.5 Å². The molecule has 0 aliphatic heterocycles. The minimum absolute atomic E-state index is 0.154. The van der Waals surface area contributed by atoms with E-state index in [2.05, 4.69) is 0 Å². The zero-order chi connectivity index (χ0) is 10.6. The molecule has 1 aromatic rings. The number of rotatable bonds is 5. The van der Waals surface area contributed by atoms with Crippen LogP contribution in [0.2, 0.25) is 4.34 Å². The molecule has 1 rings (SSSR count). The van der Waals surface area contributed by atoms with Crippen molar-refractivity contribution in [1.29, 1.82) is 0 Å². The van der Waals surface area contributed by atoms with Gasteiger partial charge in [-0.1, -0.05) is 11.6 Å². The Morgan fingerprint density at radius 3 is 2.57 bits per heavy atom. The van der Waals surface area contributed by atoms with Crippen molar-refractivity contribution in [3.8, 4) is 0 Å². The molecular weight excluding hydrogens is 242 g/mol. The van der Waals surface area contributed by atoms with E-state index in [4.69, 9.17) is 17.3 Å². The molecule has 0 aliphatic rings. The van der Waals surface area contributed by atoms with Crippen molar-refractivity contribution in [2.75, 3.05) is 12.3 Å². The number of unbranched alkanes of at least 4 members (excludes halogenated alkanes) is 1. The predicted molar refractivity (Wildman–Crippen MR) is 59.7 cm³/mol. The molecule has 0 saturated heterocycles. The molecule has 2 N–H and O–H groups in total. The predicted octanol–water partition coefficient (Wildman–Crippen LogP) is 1.91. The zero-order valence-corrected chi connectivity index (χ0v) is 9.96. The van der Waals surface area contributed by atoms with Gasteiger partial charge < -0.3 is 5.73 Å². The van der Waals surface area contributed by atoms with Gasteiger partial charge in [0.1, 0.15) is 4.21 Å². The highest BCUT2D eigenvalue weighted by molar-refractivity contribution is 7.93. The van der Waals surface area contributed by atoms with Gasteiger partial charge in [0.15, 0.2) is 9.84 Å². The van der Waals surface area contributed by atoms with E-state index in [1.165, 1.54) is 0 Å². The average Bonchev–Trinajstić information content (AvgIpc) is 2.53. The number of halogens is 1. The second-order valence-electron chi connectivity index (χ2n) is 2.87. The van der Waals surface area contributed by atoms with Crippen molar-refractivity contribution in [3.63, 3.8) is 0 Å². The molecule has 0 saturated carbocycles. The number of nitrogens with two attached hydrogens (primary N) is 1. The Labute approximate surface area is 92.8 Å². The molecule has 6 heteroatoms. The summed E-state index contributed by atoms with van der Waals surface area (Å²) in [5, 5.41) is 0. The third kappa shape index (κ3) is 3.24. The van der Waals surface area contributed by atoms with Gasteiger partial charge in [0.25, 0.3) is 0 Å². The van der Waals surface area contributed by atoms with Crippen LogP contribution in [0.1, 0.15) is 12.8 Å². The Hall–Kier alpha value is -0.100. The van der Waals surface area contributed by atoms with Gasteiger partial charge in [-0.05, 0) is 31.5 Å². The summed E-state index contributed by atoms with van der Waals surface area (Å²) in [7, 11) is -3.13. The minimum atomic E-state index is -3.13. The third-order valence-electron chi connectivity index (χ3n) is 1.72. The van der Waals surface area contributed by atoms with Crippen molar-refractivity contribution >= 4 is 32.8 Å². The van der Waals surface area contributed by atoms with Crippen molar-refractivity contribution in [1.82, 2.24) is 0 Å². The first-order valence-corrected chi connectivity index (χ1v) is 7.09. The van der Waals surface area contributed by atoms with Crippen LogP contribution >= 0.6 is 22.9 Å². The van der Waals surface area contributed by atoms with Crippen LogP contribution in [0.4, 0.5) is 0 Å². The molecule has 1 aromatic heterocycles. The number of sulfone groups is 1. The Balaban J connectivity index is 2.66. The van der Waals surface area contributed by atoms with E-state index >= 15 is 0 Å². The highest BCUT2D eigenvalue weighted by atomic mass is 35.5. The quantitative estimate of drug-likeness (QED) is 0.816. The van der Waals surface area contributed by atoms with Crippen LogP contribution in [-0.2, 0) is 9.84 Å². The number of hydrogen-bond acceptors (Lipinski definition) is 4. The fourth-order valence-electron chi connectivity index (χ4n) is 1.00. The Bertz CT molecular complexity index is 386. The van der Waals surface area contributed by atoms with Crippen molar-refractivity contribution in [2.24, 2.45) is 5.73 Å². The second-order valence-corrected chi connectivity index (χ2v) is 6.92. The van der Waals surface area contributed by atoms with Gasteiger partial charge in [-0.15, -0.1) is 11.3 Å². The van der Waals surface area contributed by atoms with Crippen molar-refractivity contribution < 1.29 is 8.42 Å². The Kier molecular flexibility index (Phi) is 4.37. The summed E-state index contributed by atoms with van der Waals surface area (Å²) < 4.78 is 24.1. The summed E-state index contributed by atoms with van der Waals surface area (Å²) in [5.74, 6) is 0.154. The van der Waals surface area contributed by atoms with E-state index < -0.39 is 9.84 Å². The molecule has 1 heterocycles. The van der Waals surface area contributed by atoms with E-state index in [9.17, 15) is 8.42 Å². The largest absolute Gasteiger partial charge is 0.330 e. The smallest absolute Gasteiger partial charge is 0.187 e. The maximum Gasteiger partial charge on any atom is 0.187 e. The molecule has 0 unspecified atom stereocenters. The van der Waals surface area contributed by atoms with Crippen molar-refractivity contribution in [2.45, 2.75) is 17.1 Å². The highest BCUT2D eigenvalue weighted by Gasteiger charge is 2.15. The van der Waals surface area contributed by atoms with Gasteiger partial charge >= 0.3 is 0 Å². The Morgan fingerprint density at radius 1 is 1.36 bits per heavy atom. The average molecular weight is 254 g/mol. The highest BCUT2D eigenvalue weighted by Crippen LogP contribution is 2.26. The monoisotopic (exact) mass is 253 g/mol.